The highest BCUT2D eigenvalue weighted by molar-refractivity contribution is 9.10. The number of ether oxygens (including phenoxy) is 2. The van der Waals surface area contributed by atoms with E-state index in [1.807, 2.05) is 72.8 Å². The fourth-order valence-corrected chi connectivity index (χ4v) is 3.74. The molecular formula is C28H21BrN2O3. The van der Waals surface area contributed by atoms with Crippen LogP contribution in [0.4, 0.5) is 5.69 Å². The fraction of sp³-hybridized carbons (Fsp3) is 0.0714. The molecule has 4 rings (SSSR count). The van der Waals surface area contributed by atoms with Crippen molar-refractivity contribution in [2.75, 3.05) is 12.4 Å². The number of nitrogens with one attached hydrogen (secondary N) is 1. The van der Waals surface area contributed by atoms with Crippen molar-refractivity contribution >= 4 is 44.4 Å². The lowest BCUT2D eigenvalue weighted by Crippen LogP contribution is -2.13. The van der Waals surface area contributed by atoms with Crippen LogP contribution in [0.25, 0.3) is 16.8 Å². The molecule has 168 valence electrons. The van der Waals surface area contributed by atoms with Gasteiger partial charge >= 0.3 is 0 Å². The Kier molecular flexibility index (Phi) is 7.26. The summed E-state index contributed by atoms with van der Waals surface area (Å²) in [6.45, 7) is 0.385. The number of nitriles is 1. The smallest absolute Gasteiger partial charge is 0.266 e. The summed E-state index contributed by atoms with van der Waals surface area (Å²) in [6.07, 6.45) is 1.53. The summed E-state index contributed by atoms with van der Waals surface area (Å²) in [7, 11) is 1.55. The van der Waals surface area contributed by atoms with Crippen LogP contribution in [-0.2, 0) is 11.4 Å². The van der Waals surface area contributed by atoms with Gasteiger partial charge in [-0.25, -0.2) is 0 Å². The van der Waals surface area contributed by atoms with E-state index in [0.717, 1.165) is 20.8 Å². The summed E-state index contributed by atoms with van der Waals surface area (Å²) in [5.41, 5.74) is 2.31. The quantitative estimate of drug-likeness (QED) is 0.220. The first-order valence-electron chi connectivity index (χ1n) is 10.5. The zero-order chi connectivity index (χ0) is 23.9. The fourth-order valence-electron chi connectivity index (χ4n) is 3.47. The summed E-state index contributed by atoms with van der Waals surface area (Å²) < 4.78 is 12.4. The van der Waals surface area contributed by atoms with Crippen molar-refractivity contribution in [3.05, 3.63) is 106 Å². The maximum absolute atomic E-state index is 12.8. The molecule has 1 N–H and O–H groups in total. The van der Waals surface area contributed by atoms with E-state index in [2.05, 4.69) is 21.2 Å². The Morgan fingerprint density at radius 2 is 1.76 bits per heavy atom. The van der Waals surface area contributed by atoms with Gasteiger partial charge < -0.3 is 14.8 Å². The van der Waals surface area contributed by atoms with Gasteiger partial charge in [-0.05, 0) is 52.9 Å². The minimum atomic E-state index is -0.478. The van der Waals surface area contributed by atoms with E-state index in [4.69, 9.17) is 9.47 Å². The van der Waals surface area contributed by atoms with Crippen LogP contribution in [0, 0.1) is 11.3 Å². The van der Waals surface area contributed by atoms with Crippen LogP contribution < -0.4 is 14.8 Å². The second kappa shape index (κ2) is 10.7. The number of fused-ring (bicyclic) bond motifs is 1. The maximum Gasteiger partial charge on any atom is 0.266 e. The molecule has 0 radical (unpaired) electrons. The molecule has 0 atom stereocenters. The van der Waals surface area contributed by atoms with E-state index in [1.165, 1.54) is 6.08 Å². The SMILES string of the molecule is COc1cc(/C=C(\C#N)C(=O)Nc2cccc3ccccc23)ccc1OCc1ccc(Br)cc1. The molecule has 0 unspecified atom stereocenters. The average molecular weight is 513 g/mol. The second-order valence-electron chi connectivity index (χ2n) is 7.48. The van der Waals surface area contributed by atoms with Crippen molar-refractivity contribution in [1.29, 1.82) is 5.26 Å². The number of hydrogen-bond acceptors (Lipinski definition) is 4. The molecule has 0 bridgehead atoms. The van der Waals surface area contributed by atoms with Gasteiger partial charge in [0.2, 0.25) is 0 Å². The summed E-state index contributed by atoms with van der Waals surface area (Å²) in [6, 6.07) is 28.5. The summed E-state index contributed by atoms with van der Waals surface area (Å²) in [5.74, 6) is 0.604. The van der Waals surface area contributed by atoms with E-state index in [1.54, 1.807) is 25.3 Å². The number of halogens is 1. The molecule has 1 amide bonds. The number of methoxy groups -OCH3 is 1. The van der Waals surface area contributed by atoms with Crippen LogP contribution in [0.1, 0.15) is 11.1 Å². The molecule has 0 saturated heterocycles. The van der Waals surface area contributed by atoms with Crippen molar-refractivity contribution in [3.63, 3.8) is 0 Å². The predicted octanol–water partition coefficient (Wildman–Crippen LogP) is 6.74. The van der Waals surface area contributed by atoms with E-state index >= 15 is 0 Å². The van der Waals surface area contributed by atoms with Gasteiger partial charge in [0.1, 0.15) is 18.2 Å². The Hall–Kier alpha value is -4.08. The molecule has 0 saturated carbocycles. The molecule has 0 fully saturated rings. The van der Waals surface area contributed by atoms with Crippen molar-refractivity contribution in [1.82, 2.24) is 0 Å². The van der Waals surface area contributed by atoms with Gasteiger partial charge in [-0.1, -0.05) is 70.5 Å². The minimum Gasteiger partial charge on any atom is -0.493 e. The minimum absolute atomic E-state index is 0.0153. The number of benzene rings is 4. The third kappa shape index (κ3) is 5.45. The number of hydrogen-bond donors (Lipinski definition) is 1. The number of anilines is 1. The molecule has 0 heterocycles. The Balaban J connectivity index is 1.52. The topological polar surface area (TPSA) is 71.3 Å². The molecular weight excluding hydrogens is 492 g/mol. The predicted molar refractivity (Wildman–Crippen MR) is 138 cm³/mol. The van der Waals surface area contributed by atoms with Crippen LogP contribution in [0.3, 0.4) is 0 Å². The zero-order valence-electron chi connectivity index (χ0n) is 18.4. The van der Waals surface area contributed by atoms with Gasteiger partial charge in [0, 0.05) is 15.5 Å². The number of rotatable bonds is 7. The van der Waals surface area contributed by atoms with Gasteiger partial charge in [-0.15, -0.1) is 0 Å². The molecule has 4 aromatic rings. The van der Waals surface area contributed by atoms with Crippen molar-refractivity contribution < 1.29 is 14.3 Å². The van der Waals surface area contributed by atoms with Crippen LogP contribution in [-0.4, -0.2) is 13.0 Å². The zero-order valence-corrected chi connectivity index (χ0v) is 20.0. The lowest BCUT2D eigenvalue weighted by Gasteiger charge is -2.12. The highest BCUT2D eigenvalue weighted by Crippen LogP contribution is 2.30. The Labute approximate surface area is 206 Å². The first-order valence-corrected chi connectivity index (χ1v) is 11.3. The highest BCUT2D eigenvalue weighted by atomic mass is 79.9. The average Bonchev–Trinajstić information content (AvgIpc) is 2.87. The second-order valence-corrected chi connectivity index (χ2v) is 8.39. The molecule has 6 heteroatoms. The summed E-state index contributed by atoms with van der Waals surface area (Å²) >= 11 is 3.42. The van der Waals surface area contributed by atoms with Crippen LogP contribution in [0.2, 0.25) is 0 Å². The molecule has 0 aromatic heterocycles. The van der Waals surface area contributed by atoms with E-state index in [0.29, 0.717) is 29.4 Å². The molecule has 0 aliphatic rings. The number of carbonyl (C=O) groups excluding carboxylic acids is 1. The summed E-state index contributed by atoms with van der Waals surface area (Å²) in [5, 5.41) is 14.4. The van der Waals surface area contributed by atoms with Gasteiger partial charge in [0.25, 0.3) is 5.91 Å². The Morgan fingerprint density at radius 3 is 2.53 bits per heavy atom. The Bertz CT molecular complexity index is 1400. The van der Waals surface area contributed by atoms with E-state index in [-0.39, 0.29) is 5.57 Å². The number of amides is 1. The number of carbonyl (C=O) groups is 1. The van der Waals surface area contributed by atoms with Gasteiger partial charge in [0.15, 0.2) is 11.5 Å². The standard InChI is InChI=1S/C28H21BrN2O3/c1-33-27-16-20(11-14-26(27)34-18-19-9-12-23(29)13-10-19)15-22(17-30)28(32)31-25-8-4-6-21-5-2-3-7-24(21)25/h2-16H,18H2,1H3,(H,31,32)/b22-15+. The van der Waals surface area contributed by atoms with Crippen LogP contribution in [0.5, 0.6) is 11.5 Å². The third-order valence-electron chi connectivity index (χ3n) is 5.21. The van der Waals surface area contributed by atoms with E-state index < -0.39 is 5.91 Å². The van der Waals surface area contributed by atoms with E-state index in [9.17, 15) is 10.1 Å². The van der Waals surface area contributed by atoms with Gasteiger partial charge in [-0.3, -0.25) is 4.79 Å². The van der Waals surface area contributed by atoms with Crippen molar-refractivity contribution in [2.24, 2.45) is 0 Å². The monoisotopic (exact) mass is 512 g/mol. The third-order valence-corrected chi connectivity index (χ3v) is 5.74. The van der Waals surface area contributed by atoms with Crippen LogP contribution >= 0.6 is 15.9 Å². The molecule has 0 aliphatic carbocycles. The highest BCUT2D eigenvalue weighted by Gasteiger charge is 2.13. The lowest BCUT2D eigenvalue weighted by atomic mass is 10.1. The molecule has 5 nitrogen and oxygen atoms in total. The largest absolute Gasteiger partial charge is 0.493 e. The molecule has 34 heavy (non-hydrogen) atoms. The van der Waals surface area contributed by atoms with Crippen molar-refractivity contribution in [3.8, 4) is 17.6 Å². The van der Waals surface area contributed by atoms with Crippen molar-refractivity contribution in [2.45, 2.75) is 6.61 Å². The Morgan fingerprint density at radius 1 is 1.00 bits per heavy atom. The van der Waals surface area contributed by atoms with Crippen LogP contribution in [0.15, 0.2) is 95.0 Å². The number of nitrogens with zero attached hydrogens (tertiary/aromatic N) is 1. The lowest BCUT2D eigenvalue weighted by molar-refractivity contribution is -0.112. The first kappa shape index (κ1) is 23.1. The first-order chi connectivity index (χ1) is 16.6. The maximum atomic E-state index is 12.8. The summed E-state index contributed by atoms with van der Waals surface area (Å²) in [4.78, 5) is 12.8. The normalized spacial score (nSPS) is 11.0. The van der Waals surface area contributed by atoms with Gasteiger partial charge in [0.05, 0.1) is 7.11 Å². The van der Waals surface area contributed by atoms with Gasteiger partial charge in [-0.2, -0.15) is 5.26 Å². The molecule has 0 aliphatic heterocycles. The molecule has 0 spiro atoms. The molecule has 4 aromatic carbocycles.